The summed E-state index contributed by atoms with van der Waals surface area (Å²) in [6, 6.07) is 0. The second-order valence-electron chi connectivity index (χ2n) is 2.73. The summed E-state index contributed by atoms with van der Waals surface area (Å²) in [6.45, 7) is 6.14. The Bertz CT molecular complexity index is 97.7. The van der Waals surface area contributed by atoms with E-state index in [0.717, 1.165) is 15.1 Å². The second kappa shape index (κ2) is 4.69. The second-order valence-corrected chi connectivity index (χ2v) is 3.83. The molecule has 0 saturated carbocycles. The van der Waals surface area contributed by atoms with Crippen molar-refractivity contribution in [3.05, 3.63) is 0 Å². The van der Waals surface area contributed by atoms with Gasteiger partial charge >= 0.3 is 0 Å². The molecule has 0 aliphatic rings. The van der Waals surface area contributed by atoms with Crippen molar-refractivity contribution < 1.29 is 9.16 Å². The summed E-state index contributed by atoms with van der Waals surface area (Å²) in [5, 5.41) is 0. The van der Waals surface area contributed by atoms with Crippen LogP contribution in [0, 0.1) is 0 Å². The molecule has 0 fully saturated rings. The number of hydrogen-bond donors (Lipinski definition) is 0. The Kier molecular flexibility index (Phi) is 5.09. The highest BCUT2D eigenvalue weighted by Crippen LogP contribution is 2.17. The van der Waals surface area contributed by atoms with E-state index in [9.17, 15) is 0 Å². The van der Waals surface area contributed by atoms with Crippen LogP contribution in [0.4, 0.5) is 0 Å². The molecule has 0 radical (unpaired) electrons. The van der Waals surface area contributed by atoms with E-state index in [2.05, 4.69) is 22.6 Å². The van der Waals surface area contributed by atoms with E-state index < -0.39 is 0 Å². The van der Waals surface area contributed by atoms with Crippen molar-refractivity contribution in [3.8, 4) is 0 Å². The molecule has 0 aromatic carbocycles. The van der Waals surface area contributed by atoms with Gasteiger partial charge < -0.3 is 9.16 Å². The van der Waals surface area contributed by atoms with Crippen LogP contribution in [0.2, 0.25) is 0 Å². The Morgan fingerprint density at radius 3 is 2.40 bits per heavy atom. The van der Waals surface area contributed by atoms with Crippen LogP contribution >= 0.6 is 22.6 Å². The van der Waals surface area contributed by atoms with Crippen molar-refractivity contribution in [2.75, 3.05) is 4.61 Å². The molecular formula is C6H15IO2Si. The normalized spacial score (nSPS) is 15.6. The SMILES string of the molecule is CC(O[SiH3])C(C)(C)OCI. The van der Waals surface area contributed by atoms with Gasteiger partial charge in [-0.15, -0.1) is 0 Å². The van der Waals surface area contributed by atoms with Crippen molar-refractivity contribution in [3.63, 3.8) is 0 Å². The van der Waals surface area contributed by atoms with Gasteiger partial charge in [-0.2, -0.15) is 0 Å². The van der Waals surface area contributed by atoms with Crippen LogP contribution in [-0.4, -0.2) is 26.8 Å². The van der Waals surface area contributed by atoms with Crippen LogP contribution in [0.1, 0.15) is 20.8 Å². The molecule has 10 heavy (non-hydrogen) atoms. The lowest BCUT2D eigenvalue weighted by molar-refractivity contribution is -0.0588. The van der Waals surface area contributed by atoms with Gasteiger partial charge in [-0.05, 0) is 20.8 Å². The van der Waals surface area contributed by atoms with Crippen LogP contribution in [0.3, 0.4) is 0 Å². The van der Waals surface area contributed by atoms with Gasteiger partial charge in [0.05, 0.1) is 16.3 Å². The van der Waals surface area contributed by atoms with E-state index in [1.54, 1.807) is 0 Å². The molecule has 0 N–H and O–H groups in total. The van der Waals surface area contributed by atoms with Gasteiger partial charge in [-0.3, -0.25) is 0 Å². The molecule has 1 atom stereocenters. The average Bonchev–Trinajstić information content (AvgIpc) is 1.86. The van der Waals surface area contributed by atoms with E-state index in [0.29, 0.717) is 0 Å². The van der Waals surface area contributed by atoms with Gasteiger partial charge in [0.15, 0.2) is 0 Å². The Balaban J connectivity index is 3.82. The number of rotatable bonds is 4. The van der Waals surface area contributed by atoms with Gasteiger partial charge in [0.2, 0.25) is 0 Å². The Labute approximate surface area is 79.3 Å². The summed E-state index contributed by atoms with van der Waals surface area (Å²) in [4.78, 5) is 0. The molecule has 1 unspecified atom stereocenters. The minimum Gasteiger partial charge on any atom is -0.422 e. The molecule has 0 bridgehead atoms. The fraction of sp³-hybridized carbons (Fsp3) is 1.00. The molecule has 0 spiro atoms. The molecular weight excluding hydrogens is 259 g/mol. The highest BCUT2D eigenvalue weighted by atomic mass is 127. The van der Waals surface area contributed by atoms with Crippen LogP contribution in [0.15, 0.2) is 0 Å². The highest BCUT2D eigenvalue weighted by Gasteiger charge is 2.25. The summed E-state index contributed by atoms with van der Waals surface area (Å²) in [6.07, 6.45) is 0.203. The van der Waals surface area contributed by atoms with E-state index in [1.807, 2.05) is 20.8 Å². The fourth-order valence-electron chi connectivity index (χ4n) is 0.542. The van der Waals surface area contributed by atoms with Crippen molar-refractivity contribution in [2.45, 2.75) is 32.5 Å². The van der Waals surface area contributed by atoms with E-state index in [4.69, 9.17) is 9.16 Å². The van der Waals surface area contributed by atoms with Crippen LogP contribution in [0.5, 0.6) is 0 Å². The standard InChI is InChI=1S/C6H15IO2Si/c1-5(9-10)6(2,3)8-4-7/h5H,4H2,1-3,10H3. The lowest BCUT2D eigenvalue weighted by Gasteiger charge is -2.30. The minimum absolute atomic E-state index is 0.136. The number of ether oxygens (including phenoxy) is 1. The third kappa shape index (κ3) is 3.31. The zero-order valence-electron chi connectivity index (χ0n) is 6.98. The average molecular weight is 274 g/mol. The topological polar surface area (TPSA) is 18.5 Å². The molecule has 0 heterocycles. The molecule has 62 valence electrons. The predicted octanol–water partition coefficient (Wildman–Crippen LogP) is 0.860. The third-order valence-electron chi connectivity index (χ3n) is 1.76. The lowest BCUT2D eigenvalue weighted by atomic mass is 10.0. The molecule has 0 aromatic heterocycles. The van der Waals surface area contributed by atoms with E-state index >= 15 is 0 Å². The number of hydrogen-bond acceptors (Lipinski definition) is 2. The first-order valence-corrected chi connectivity index (χ1v) is 5.61. The van der Waals surface area contributed by atoms with Gasteiger partial charge in [-0.25, -0.2) is 0 Å². The molecule has 0 amide bonds. The van der Waals surface area contributed by atoms with Crippen molar-refractivity contribution in [1.29, 1.82) is 0 Å². The first-order chi connectivity index (χ1) is 4.54. The Morgan fingerprint density at radius 2 is 2.10 bits per heavy atom. The fourth-order valence-corrected chi connectivity index (χ4v) is 1.91. The molecule has 0 aliphatic carbocycles. The van der Waals surface area contributed by atoms with Crippen LogP contribution in [-0.2, 0) is 9.16 Å². The molecule has 0 aromatic rings. The highest BCUT2D eigenvalue weighted by molar-refractivity contribution is 14.1. The Hall–Kier alpha value is 0.867. The van der Waals surface area contributed by atoms with Crippen molar-refractivity contribution in [1.82, 2.24) is 0 Å². The first-order valence-electron chi connectivity index (χ1n) is 3.27. The first kappa shape index (κ1) is 10.9. The predicted molar refractivity (Wildman–Crippen MR) is 54.5 cm³/mol. The zero-order chi connectivity index (χ0) is 8.20. The summed E-state index contributed by atoms with van der Waals surface area (Å²) in [5.41, 5.74) is -0.136. The maximum atomic E-state index is 5.47. The number of alkyl halides is 1. The molecule has 2 nitrogen and oxygen atoms in total. The minimum atomic E-state index is -0.136. The largest absolute Gasteiger partial charge is 0.422 e. The van der Waals surface area contributed by atoms with Gasteiger partial charge in [0.25, 0.3) is 0 Å². The van der Waals surface area contributed by atoms with Gasteiger partial charge in [0, 0.05) is 0 Å². The summed E-state index contributed by atoms with van der Waals surface area (Å²) < 4.78 is 11.5. The monoisotopic (exact) mass is 274 g/mol. The molecule has 0 rings (SSSR count). The van der Waals surface area contributed by atoms with Crippen molar-refractivity contribution in [2.24, 2.45) is 0 Å². The maximum absolute atomic E-state index is 5.47. The van der Waals surface area contributed by atoms with Crippen molar-refractivity contribution >= 4 is 33.1 Å². The molecule has 0 saturated heterocycles. The Morgan fingerprint density at radius 1 is 1.60 bits per heavy atom. The summed E-state index contributed by atoms with van der Waals surface area (Å²) in [5.74, 6) is 0. The third-order valence-corrected chi connectivity index (χ3v) is 2.78. The molecule has 4 heteroatoms. The maximum Gasteiger partial charge on any atom is 0.146 e. The smallest absolute Gasteiger partial charge is 0.146 e. The van der Waals surface area contributed by atoms with Crippen LogP contribution in [0.25, 0.3) is 0 Å². The van der Waals surface area contributed by atoms with Crippen LogP contribution < -0.4 is 0 Å². The van der Waals surface area contributed by atoms with Gasteiger partial charge in [-0.1, -0.05) is 22.6 Å². The number of halogens is 1. The van der Waals surface area contributed by atoms with E-state index in [1.165, 1.54) is 0 Å². The quantitative estimate of drug-likeness (QED) is 0.430. The molecule has 0 aliphatic heterocycles. The lowest BCUT2D eigenvalue weighted by Crippen LogP contribution is -2.38. The van der Waals surface area contributed by atoms with Gasteiger partial charge in [0.1, 0.15) is 10.5 Å². The zero-order valence-corrected chi connectivity index (χ0v) is 11.1. The van der Waals surface area contributed by atoms with E-state index in [-0.39, 0.29) is 11.7 Å². The summed E-state index contributed by atoms with van der Waals surface area (Å²) in [7, 11) is 0.778. The summed E-state index contributed by atoms with van der Waals surface area (Å²) >= 11 is 2.20.